The van der Waals surface area contributed by atoms with Gasteiger partial charge in [0.2, 0.25) is 10.0 Å². The number of anilines is 1. The number of benzene rings is 2. The van der Waals surface area contributed by atoms with E-state index in [1.807, 2.05) is 6.07 Å². The van der Waals surface area contributed by atoms with E-state index in [1.54, 1.807) is 0 Å². The number of rotatable bonds is 7. The molecule has 30 heavy (non-hydrogen) atoms. The molecule has 3 N–H and O–H groups in total. The van der Waals surface area contributed by atoms with E-state index in [0.29, 0.717) is 22.3 Å². The Morgan fingerprint density at radius 1 is 1.20 bits per heavy atom. The fourth-order valence-corrected chi connectivity index (χ4v) is 4.47. The van der Waals surface area contributed by atoms with Crippen molar-refractivity contribution in [1.82, 2.24) is 14.5 Å². The van der Waals surface area contributed by atoms with Crippen LogP contribution in [0.2, 0.25) is 0 Å². The van der Waals surface area contributed by atoms with E-state index in [1.165, 1.54) is 41.1 Å². The van der Waals surface area contributed by atoms with Crippen LogP contribution in [0.15, 0.2) is 51.8 Å². The molecule has 0 amide bonds. The van der Waals surface area contributed by atoms with Gasteiger partial charge in [0, 0.05) is 11.0 Å². The molecule has 0 saturated heterocycles. The van der Waals surface area contributed by atoms with Gasteiger partial charge in [-0.05, 0) is 55.3 Å². The standard InChI is InChI=1S/C19H16BrF2N5O2S/c20-12-3-8-16(22)18(10-12)30(28,29)25-9-1-2-17-15(11-23)19(24)27(26-17)14-6-4-13(21)5-7-14/h3-8,10,25H,1-2,9,24H2. The Morgan fingerprint density at radius 2 is 1.90 bits per heavy atom. The first kappa shape index (κ1) is 21.9. The van der Waals surface area contributed by atoms with Gasteiger partial charge in [-0.15, -0.1) is 0 Å². The summed E-state index contributed by atoms with van der Waals surface area (Å²) in [5, 5.41) is 13.7. The SMILES string of the molecule is N#Cc1c(CCCNS(=O)(=O)c2cc(Br)ccc2F)nn(-c2ccc(F)cc2)c1N. The maximum absolute atomic E-state index is 13.8. The van der Waals surface area contributed by atoms with Gasteiger partial charge in [-0.25, -0.2) is 26.6 Å². The number of nitrogens with one attached hydrogen (secondary N) is 1. The Morgan fingerprint density at radius 3 is 2.57 bits per heavy atom. The second-order valence-electron chi connectivity index (χ2n) is 6.28. The van der Waals surface area contributed by atoms with Crippen LogP contribution in [0.4, 0.5) is 14.6 Å². The lowest BCUT2D eigenvalue weighted by atomic mass is 10.1. The van der Waals surface area contributed by atoms with Gasteiger partial charge in [-0.3, -0.25) is 0 Å². The molecule has 0 fully saturated rings. The zero-order valence-electron chi connectivity index (χ0n) is 15.4. The van der Waals surface area contributed by atoms with Gasteiger partial charge in [-0.2, -0.15) is 10.4 Å². The van der Waals surface area contributed by atoms with Gasteiger partial charge in [-0.1, -0.05) is 15.9 Å². The van der Waals surface area contributed by atoms with Crippen molar-refractivity contribution in [1.29, 1.82) is 5.26 Å². The van der Waals surface area contributed by atoms with Crippen LogP contribution in [0.3, 0.4) is 0 Å². The Hall–Kier alpha value is -2.81. The molecule has 0 aliphatic carbocycles. The number of hydrogen-bond donors (Lipinski definition) is 2. The number of nitrogens with zero attached hydrogens (tertiary/aromatic N) is 3. The molecule has 0 aliphatic rings. The van der Waals surface area contributed by atoms with Crippen LogP contribution in [-0.2, 0) is 16.4 Å². The molecule has 0 bridgehead atoms. The molecule has 11 heteroatoms. The molecule has 1 heterocycles. The van der Waals surface area contributed by atoms with Crippen molar-refractivity contribution in [2.24, 2.45) is 0 Å². The molecule has 0 unspecified atom stereocenters. The largest absolute Gasteiger partial charge is 0.382 e. The van der Waals surface area contributed by atoms with Crippen molar-refractivity contribution in [2.45, 2.75) is 17.7 Å². The molecule has 0 atom stereocenters. The number of nitrogens with two attached hydrogens (primary N) is 1. The van der Waals surface area contributed by atoms with Crippen LogP contribution in [0.5, 0.6) is 0 Å². The summed E-state index contributed by atoms with van der Waals surface area (Å²) in [5.41, 5.74) is 7.03. The van der Waals surface area contributed by atoms with Crippen LogP contribution in [0, 0.1) is 23.0 Å². The Bertz CT molecular complexity index is 1220. The zero-order chi connectivity index (χ0) is 21.9. The number of nitrogen functional groups attached to an aromatic ring is 1. The fourth-order valence-electron chi connectivity index (χ4n) is 2.78. The normalized spacial score (nSPS) is 11.4. The van der Waals surface area contributed by atoms with Crippen LogP contribution >= 0.6 is 15.9 Å². The van der Waals surface area contributed by atoms with E-state index in [0.717, 1.165) is 6.07 Å². The molecule has 0 spiro atoms. The lowest BCUT2D eigenvalue weighted by molar-refractivity contribution is 0.555. The summed E-state index contributed by atoms with van der Waals surface area (Å²) in [7, 11) is -4.04. The Kier molecular flexibility index (Phi) is 6.50. The van der Waals surface area contributed by atoms with Gasteiger partial charge in [0.05, 0.1) is 11.4 Å². The molecular weight excluding hydrogens is 480 g/mol. The molecule has 156 valence electrons. The first-order valence-corrected chi connectivity index (χ1v) is 11.0. The molecule has 7 nitrogen and oxygen atoms in total. The number of sulfonamides is 1. The van der Waals surface area contributed by atoms with Crippen molar-refractivity contribution < 1.29 is 17.2 Å². The van der Waals surface area contributed by atoms with Crippen LogP contribution in [0.25, 0.3) is 5.69 Å². The van der Waals surface area contributed by atoms with E-state index < -0.39 is 26.6 Å². The van der Waals surface area contributed by atoms with Gasteiger partial charge < -0.3 is 5.73 Å². The number of hydrogen-bond acceptors (Lipinski definition) is 5. The molecular formula is C19H16BrF2N5O2S. The van der Waals surface area contributed by atoms with E-state index in [9.17, 15) is 22.5 Å². The second kappa shape index (κ2) is 8.91. The van der Waals surface area contributed by atoms with Crippen molar-refractivity contribution in [3.63, 3.8) is 0 Å². The third-order valence-electron chi connectivity index (χ3n) is 4.24. The molecule has 1 aromatic heterocycles. The number of aromatic nitrogens is 2. The van der Waals surface area contributed by atoms with Crippen molar-refractivity contribution >= 4 is 31.8 Å². The van der Waals surface area contributed by atoms with Crippen molar-refractivity contribution in [3.8, 4) is 11.8 Å². The van der Waals surface area contributed by atoms with Crippen LogP contribution < -0.4 is 10.5 Å². The minimum Gasteiger partial charge on any atom is -0.382 e. The minimum absolute atomic E-state index is 0.00245. The second-order valence-corrected chi connectivity index (χ2v) is 8.93. The molecule has 0 radical (unpaired) electrons. The van der Waals surface area contributed by atoms with E-state index in [2.05, 4.69) is 25.8 Å². The zero-order valence-corrected chi connectivity index (χ0v) is 17.8. The smallest absolute Gasteiger partial charge is 0.243 e. The van der Waals surface area contributed by atoms with Gasteiger partial charge >= 0.3 is 0 Å². The average Bonchev–Trinajstić information content (AvgIpc) is 3.03. The first-order chi connectivity index (χ1) is 14.2. The summed E-state index contributed by atoms with van der Waals surface area (Å²) in [6, 6.07) is 11.1. The third-order valence-corrected chi connectivity index (χ3v) is 6.21. The van der Waals surface area contributed by atoms with E-state index >= 15 is 0 Å². The topological polar surface area (TPSA) is 114 Å². The highest BCUT2D eigenvalue weighted by Crippen LogP contribution is 2.22. The third kappa shape index (κ3) is 4.67. The molecule has 3 aromatic rings. The average molecular weight is 496 g/mol. The first-order valence-electron chi connectivity index (χ1n) is 8.71. The summed E-state index contributed by atoms with van der Waals surface area (Å²) in [6.45, 7) is 0.00245. The number of nitriles is 1. The quantitative estimate of drug-likeness (QED) is 0.488. The number of aryl methyl sites for hydroxylation is 1. The predicted molar refractivity (Wildman–Crippen MR) is 110 cm³/mol. The van der Waals surface area contributed by atoms with Gasteiger partial charge in [0.25, 0.3) is 0 Å². The van der Waals surface area contributed by atoms with E-state index in [-0.39, 0.29) is 24.3 Å². The van der Waals surface area contributed by atoms with Crippen LogP contribution in [0.1, 0.15) is 17.7 Å². The lowest BCUT2D eigenvalue weighted by Crippen LogP contribution is -2.26. The van der Waals surface area contributed by atoms with Gasteiger partial charge in [0.1, 0.15) is 34.0 Å². The Labute approximate surface area is 180 Å². The highest BCUT2D eigenvalue weighted by atomic mass is 79.9. The van der Waals surface area contributed by atoms with Crippen LogP contribution in [-0.4, -0.2) is 24.7 Å². The monoisotopic (exact) mass is 495 g/mol. The fraction of sp³-hybridized carbons (Fsp3) is 0.158. The summed E-state index contributed by atoms with van der Waals surface area (Å²) in [6.07, 6.45) is 0.550. The summed E-state index contributed by atoms with van der Waals surface area (Å²) in [5.74, 6) is -1.17. The molecule has 0 saturated carbocycles. The van der Waals surface area contributed by atoms with E-state index in [4.69, 9.17) is 5.73 Å². The van der Waals surface area contributed by atoms with Gasteiger partial charge in [0.15, 0.2) is 0 Å². The predicted octanol–water partition coefficient (Wildman–Crippen LogP) is 3.28. The highest BCUT2D eigenvalue weighted by molar-refractivity contribution is 9.10. The summed E-state index contributed by atoms with van der Waals surface area (Å²) >= 11 is 3.12. The highest BCUT2D eigenvalue weighted by Gasteiger charge is 2.20. The van der Waals surface area contributed by atoms with Crippen molar-refractivity contribution in [2.75, 3.05) is 12.3 Å². The summed E-state index contributed by atoms with van der Waals surface area (Å²) in [4.78, 5) is -0.459. The molecule has 0 aliphatic heterocycles. The maximum Gasteiger partial charge on any atom is 0.243 e. The molecule has 2 aromatic carbocycles. The minimum atomic E-state index is -4.04. The maximum atomic E-state index is 13.8. The number of halogens is 3. The Balaban J connectivity index is 1.70. The molecule has 3 rings (SSSR count). The van der Waals surface area contributed by atoms with Crippen molar-refractivity contribution in [3.05, 3.63) is 69.8 Å². The lowest BCUT2D eigenvalue weighted by Gasteiger charge is -2.08. The summed E-state index contributed by atoms with van der Waals surface area (Å²) < 4.78 is 55.7.